The van der Waals surface area contributed by atoms with Gasteiger partial charge in [0.15, 0.2) is 4.32 Å². The number of nitro benzene ring substituents is 1. The highest BCUT2D eigenvalue weighted by Crippen LogP contribution is 2.41. The van der Waals surface area contributed by atoms with Gasteiger partial charge >= 0.3 is 6.18 Å². The fraction of sp³-hybridized carbons (Fsp3) is 0.0588. The van der Waals surface area contributed by atoms with Gasteiger partial charge in [-0.2, -0.15) is 13.2 Å². The third kappa shape index (κ3) is 4.14. The van der Waals surface area contributed by atoms with E-state index in [0.29, 0.717) is 0 Å². The zero-order valence-corrected chi connectivity index (χ0v) is 17.2. The van der Waals surface area contributed by atoms with Crippen LogP contribution in [0.5, 0.6) is 5.75 Å². The van der Waals surface area contributed by atoms with Crippen LogP contribution in [0.3, 0.4) is 0 Å². The Morgan fingerprint density at radius 2 is 1.97 bits per heavy atom. The van der Waals surface area contributed by atoms with E-state index >= 15 is 0 Å². The summed E-state index contributed by atoms with van der Waals surface area (Å²) in [5.74, 6) is -1.07. The molecule has 0 aromatic heterocycles. The average Bonchev–Trinajstić information content (AvgIpc) is 2.91. The summed E-state index contributed by atoms with van der Waals surface area (Å²) in [4.78, 5) is 24.3. The van der Waals surface area contributed by atoms with Crippen LogP contribution >= 0.6 is 39.9 Å². The number of aromatic hydroxyl groups is 1. The van der Waals surface area contributed by atoms with Gasteiger partial charge in [0.2, 0.25) is 0 Å². The van der Waals surface area contributed by atoms with E-state index in [-0.39, 0.29) is 30.7 Å². The van der Waals surface area contributed by atoms with Gasteiger partial charge in [0.05, 0.1) is 26.6 Å². The highest BCUT2D eigenvalue weighted by atomic mass is 79.9. The number of anilines is 1. The first-order valence-electron chi connectivity index (χ1n) is 7.62. The van der Waals surface area contributed by atoms with Crippen LogP contribution in [0.15, 0.2) is 45.8 Å². The summed E-state index contributed by atoms with van der Waals surface area (Å²) in [6, 6.07) is 6.58. The molecule has 2 aromatic rings. The van der Waals surface area contributed by atoms with Gasteiger partial charge in [0.25, 0.3) is 11.6 Å². The van der Waals surface area contributed by atoms with Crippen LogP contribution in [-0.4, -0.2) is 20.3 Å². The Kier molecular flexibility index (Phi) is 5.70. The molecule has 1 N–H and O–H groups in total. The predicted molar refractivity (Wildman–Crippen MR) is 110 cm³/mol. The molecule has 1 aliphatic heterocycles. The van der Waals surface area contributed by atoms with Crippen molar-refractivity contribution in [2.75, 3.05) is 4.90 Å². The number of carbonyl (C=O) groups is 1. The van der Waals surface area contributed by atoms with E-state index in [1.165, 1.54) is 24.3 Å². The summed E-state index contributed by atoms with van der Waals surface area (Å²) >= 11 is 8.85. The fourth-order valence-corrected chi connectivity index (χ4v) is 4.32. The molecule has 29 heavy (non-hydrogen) atoms. The highest BCUT2D eigenvalue weighted by molar-refractivity contribution is 9.10. The quantitative estimate of drug-likeness (QED) is 0.257. The monoisotopic (exact) mass is 504 g/mol. The minimum atomic E-state index is -4.59. The number of nitro groups is 1. The molecule has 3 rings (SSSR count). The number of benzene rings is 2. The number of nitrogens with zero attached hydrogens (tertiary/aromatic N) is 2. The van der Waals surface area contributed by atoms with E-state index in [9.17, 15) is 33.2 Å². The van der Waals surface area contributed by atoms with E-state index < -0.39 is 28.3 Å². The number of amides is 1. The SMILES string of the molecule is O=C1C(=Cc2ccc(O)c(Br)c2[N+](=O)[O-])SC(=S)N1c1cccc(C(F)(F)F)c1. The van der Waals surface area contributed by atoms with Crippen molar-refractivity contribution in [3.63, 3.8) is 0 Å². The van der Waals surface area contributed by atoms with Crippen LogP contribution in [0.1, 0.15) is 11.1 Å². The van der Waals surface area contributed by atoms with Crippen LogP contribution in [0, 0.1) is 10.1 Å². The first-order valence-corrected chi connectivity index (χ1v) is 9.63. The molecule has 0 spiro atoms. The minimum absolute atomic E-state index is 0.00639. The lowest BCUT2D eigenvalue weighted by Gasteiger charge is -2.16. The third-order valence-electron chi connectivity index (χ3n) is 3.82. The van der Waals surface area contributed by atoms with Crippen molar-refractivity contribution < 1.29 is 28.0 Å². The second-order valence-electron chi connectivity index (χ2n) is 5.66. The minimum Gasteiger partial charge on any atom is -0.507 e. The zero-order valence-electron chi connectivity index (χ0n) is 13.9. The van der Waals surface area contributed by atoms with Crippen molar-refractivity contribution >= 4 is 67.6 Å². The molecule has 1 fully saturated rings. The van der Waals surface area contributed by atoms with E-state index in [0.717, 1.165) is 34.9 Å². The molecule has 0 radical (unpaired) electrons. The van der Waals surface area contributed by atoms with Gasteiger partial charge in [-0.25, -0.2) is 0 Å². The van der Waals surface area contributed by atoms with Crippen LogP contribution in [0.2, 0.25) is 0 Å². The lowest BCUT2D eigenvalue weighted by atomic mass is 10.1. The summed E-state index contributed by atoms with van der Waals surface area (Å²) < 4.78 is 38.7. The number of hydrogen-bond acceptors (Lipinski definition) is 6. The molecule has 6 nitrogen and oxygen atoms in total. The van der Waals surface area contributed by atoms with Gasteiger partial charge in [-0.05, 0) is 52.3 Å². The van der Waals surface area contributed by atoms with Crippen molar-refractivity contribution in [2.24, 2.45) is 0 Å². The lowest BCUT2D eigenvalue weighted by Crippen LogP contribution is -2.27. The maximum Gasteiger partial charge on any atom is 0.416 e. The number of rotatable bonds is 3. The molecule has 12 heteroatoms. The van der Waals surface area contributed by atoms with Crippen molar-refractivity contribution in [3.8, 4) is 5.75 Å². The van der Waals surface area contributed by atoms with Crippen LogP contribution in [0.25, 0.3) is 6.08 Å². The maximum atomic E-state index is 13.0. The Hall–Kier alpha value is -2.44. The Bertz CT molecular complexity index is 1090. The number of halogens is 4. The topological polar surface area (TPSA) is 83.7 Å². The molecule has 1 heterocycles. The smallest absolute Gasteiger partial charge is 0.416 e. The van der Waals surface area contributed by atoms with Crippen molar-refractivity contribution in [3.05, 3.63) is 67.0 Å². The number of carbonyl (C=O) groups excluding carboxylic acids is 1. The summed E-state index contributed by atoms with van der Waals surface area (Å²) in [7, 11) is 0. The van der Waals surface area contributed by atoms with E-state index in [2.05, 4.69) is 15.9 Å². The van der Waals surface area contributed by atoms with Gasteiger partial charge in [0.1, 0.15) is 10.2 Å². The van der Waals surface area contributed by atoms with Gasteiger partial charge < -0.3 is 5.11 Å². The molecule has 1 saturated heterocycles. The number of thioether (sulfide) groups is 1. The molecule has 0 saturated carbocycles. The summed E-state index contributed by atoms with van der Waals surface area (Å²) in [6.07, 6.45) is -3.39. The molecule has 2 aromatic carbocycles. The normalized spacial score (nSPS) is 16.0. The zero-order chi connectivity index (χ0) is 21.5. The highest BCUT2D eigenvalue weighted by Gasteiger charge is 2.36. The molecule has 0 atom stereocenters. The molecule has 1 amide bonds. The number of alkyl halides is 3. The second-order valence-corrected chi connectivity index (χ2v) is 8.13. The molecular weight excluding hydrogens is 497 g/mol. The van der Waals surface area contributed by atoms with E-state index in [1.54, 1.807) is 0 Å². The maximum absolute atomic E-state index is 13.0. The van der Waals surface area contributed by atoms with Gasteiger partial charge in [0, 0.05) is 0 Å². The van der Waals surface area contributed by atoms with Crippen LogP contribution < -0.4 is 4.90 Å². The average molecular weight is 505 g/mol. The summed E-state index contributed by atoms with van der Waals surface area (Å²) in [6.45, 7) is 0. The van der Waals surface area contributed by atoms with Gasteiger partial charge in [-0.3, -0.25) is 19.8 Å². The van der Waals surface area contributed by atoms with Crippen molar-refractivity contribution in [1.29, 1.82) is 0 Å². The Morgan fingerprint density at radius 1 is 1.28 bits per heavy atom. The third-order valence-corrected chi connectivity index (χ3v) is 5.91. The van der Waals surface area contributed by atoms with Crippen molar-refractivity contribution in [1.82, 2.24) is 0 Å². The number of thiocarbonyl (C=S) groups is 1. The fourth-order valence-electron chi connectivity index (χ4n) is 2.52. The Morgan fingerprint density at radius 3 is 2.59 bits per heavy atom. The van der Waals surface area contributed by atoms with E-state index in [4.69, 9.17) is 12.2 Å². The van der Waals surface area contributed by atoms with Gasteiger partial charge in [-0.15, -0.1) is 0 Å². The predicted octanol–water partition coefficient (Wildman–Crippen LogP) is 5.49. The lowest BCUT2D eigenvalue weighted by molar-refractivity contribution is -0.385. The number of phenolic OH excluding ortho intramolecular Hbond substituents is 1. The summed E-state index contributed by atoms with van der Waals surface area (Å²) in [5, 5.41) is 21.0. The first-order chi connectivity index (χ1) is 13.5. The first kappa shape index (κ1) is 21.3. The molecule has 150 valence electrons. The van der Waals surface area contributed by atoms with E-state index in [1.807, 2.05) is 0 Å². The van der Waals surface area contributed by atoms with Gasteiger partial charge in [-0.1, -0.05) is 30.0 Å². The number of phenols is 1. The second kappa shape index (κ2) is 7.76. The molecular formula is C17H8BrF3N2O4S2. The Balaban J connectivity index is 2.03. The number of hydrogen-bond donors (Lipinski definition) is 1. The Labute approximate surface area is 179 Å². The standard InChI is InChI=1S/C17H8BrF3N2O4S2/c18-13-11(24)5-4-8(14(13)23(26)27)6-12-15(25)22(16(28)29-12)10-3-1-2-9(7-10)17(19,20)21/h1-7,24H. The summed E-state index contributed by atoms with van der Waals surface area (Å²) in [5.41, 5.74) is -1.45. The largest absolute Gasteiger partial charge is 0.507 e. The van der Waals surface area contributed by atoms with Crippen LogP contribution in [-0.2, 0) is 11.0 Å². The molecule has 0 aliphatic carbocycles. The van der Waals surface area contributed by atoms with Crippen LogP contribution in [0.4, 0.5) is 24.5 Å². The van der Waals surface area contributed by atoms with Crippen molar-refractivity contribution in [2.45, 2.75) is 6.18 Å². The molecule has 0 bridgehead atoms. The molecule has 1 aliphatic rings. The molecule has 0 unspecified atom stereocenters.